The maximum absolute atomic E-state index is 12.8. The third kappa shape index (κ3) is 4.35. The predicted molar refractivity (Wildman–Crippen MR) is 102 cm³/mol. The largest absolute Gasteiger partial charge is 0.497 e. The summed E-state index contributed by atoms with van der Waals surface area (Å²) in [5.74, 6) is 1.32. The molecule has 27 heavy (non-hydrogen) atoms. The Bertz CT molecular complexity index is 686. The second-order valence-electron chi connectivity index (χ2n) is 7.29. The van der Waals surface area contributed by atoms with Crippen molar-refractivity contribution >= 4 is 11.8 Å². The first-order valence-corrected chi connectivity index (χ1v) is 9.56. The van der Waals surface area contributed by atoms with Crippen LogP contribution in [0, 0.1) is 5.92 Å². The highest BCUT2D eigenvalue weighted by Gasteiger charge is 2.32. The minimum Gasteiger partial charge on any atom is -0.497 e. The Hall–Kier alpha value is -2.28. The molecule has 148 valence electrons. The van der Waals surface area contributed by atoms with Gasteiger partial charge in [0.1, 0.15) is 11.5 Å². The van der Waals surface area contributed by atoms with Gasteiger partial charge in [-0.1, -0.05) is 6.07 Å². The van der Waals surface area contributed by atoms with Gasteiger partial charge in [-0.3, -0.25) is 14.5 Å². The number of carbonyl (C=O) groups excluding carboxylic acids is 2. The molecule has 0 radical (unpaired) electrons. The van der Waals surface area contributed by atoms with Crippen LogP contribution in [0.25, 0.3) is 0 Å². The van der Waals surface area contributed by atoms with Crippen LogP contribution in [-0.4, -0.2) is 62.0 Å². The van der Waals surface area contributed by atoms with Crippen LogP contribution in [0.15, 0.2) is 18.2 Å². The Morgan fingerprint density at radius 1 is 1.11 bits per heavy atom. The number of rotatable bonds is 6. The van der Waals surface area contributed by atoms with Crippen molar-refractivity contribution in [2.24, 2.45) is 11.7 Å². The Kier molecular flexibility index (Phi) is 6.21. The van der Waals surface area contributed by atoms with Crippen molar-refractivity contribution in [1.82, 2.24) is 9.80 Å². The second kappa shape index (κ2) is 8.61. The minimum absolute atomic E-state index is 0.0999. The zero-order valence-electron chi connectivity index (χ0n) is 16.1. The van der Waals surface area contributed by atoms with Crippen LogP contribution in [0.5, 0.6) is 11.5 Å². The van der Waals surface area contributed by atoms with Gasteiger partial charge in [0, 0.05) is 36.7 Å². The van der Waals surface area contributed by atoms with Crippen LogP contribution in [-0.2, 0) is 9.59 Å². The van der Waals surface area contributed by atoms with E-state index in [-0.39, 0.29) is 23.8 Å². The van der Waals surface area contributed by atoms with Crippen LogP contribution in [0.2, 0.25) is 0 Å². The van der Waals surface area contributed by atoms with E-state index in [0.717, 1.165) is 36.4 Å². The van der Waals surface area contributed by atoms with Crippen molar-refractivity contribution in [3.05, 3.63) is 23.8 Å². The fourth-order valence-electron chi connectivity index (χ4n) is 4.15. The van der Waals surface area contributed by atoms with Gasteiger partial charge in [0.15, 0.2) is 0 Å². The summed E-state index contributed by atoms with van der Waals surface area (Å²) < 4.78 is 10.8. The molecule has 1 aromatic rings. The molecule has 7 nitrogen and oxygen atoms in total. The van der Waals surface area contributed by atoms with Gasteiger partial charge in [0.05, 0.1) is 20.8 Å². The molecule has 2 saturated heterocycles. The summed E-state index contributed by atoms with van der Waals surface area (Å²) in [6, 6.07) is 6.02. The first kappa shape index (κ1) is 19.5. The molecule has 0 aliphatic carbocycles. The SMILES string of the molecule is COc1ccc([C@H]2CCCN2CC(=O)N2CCC(C(N)=O)CC2)c(OC)c1. The molecule has 1 aromatic carbocycles. The molecule has 2 aliphatic rings. The van der Waals surface area contributed by atoms with Crippen LogP contribution >= 0.6 is 0 Å². The molecule has 2 aliphatic heterocycles. The molecular weight excluding hydrogens is 346 g/mol. The average Bonchev–Trinajstić information content (AvgIpc) is 3.15. The molecule has 0 unspecified atom stereocenters. The van der Waals surface area contributed by atoms with E-state index >= 15 is 0 Å². The number of ether oxygens (including phenoxy) is 2. The number of piperidine rings is 1. The molecule has 7 heteroatoms. The van der Waals surface area contributed by atoms with Crippen LogP contribution in [0.1, 0.15) is 37.3 Å². The third-order valence-electron chi connectivity index (χ3n) is 5.75. The number of methoxy groups -OCH3 is 2. The standard InChI is InChI=1S/C20H29N3O4/c1-26-15-5-6-16(18(12-15)27-2)17-4-3-9-23(17)13-19(24)22-10-7-14(8-11-22)20(21)25/h5-6,12,14,17H,3-4,7-11,13H2,1-2H3,(H2,21,25)/t17-/m1/s1. The van der Waals surface area contributed by atoms with Crippen molar-refractivity contribution in [3.8, 4) is 11.5 Å². The number of hydrogen-bond acceptors (Lipinski definition) is 5. The molecule has 0 saturated carbocycles. The highest BCUT2D eigenvalue weighted by Crippen LogP contribution is 2.38. The fraction of sp³-hybridized carbons (Fsp3) is 0.600. The molecule has 0 spiro atoms. The lowest BCUT2D eigenvalue weighted by Gasteiger charge is -2.33. The van der Waals surface area contributed by atoms with Crippen molar-refractivity contribution < 1.29 is 19.1 Å². The highest BCUT2D eigenvalue weighted by molar-refractivity contribution is 5.80. The Balaban J connectivity index is 1.65. The molecule has 0 bridgehead atoms. The van der Waals surface area contributed by atoms with Crippen LogP contribution < -0.4 is 15.2 Å². The molecule has 2 heterocycles. The quantitative estimate of drug-likeness (QED) is 0.816. The summed E-state index contributed by atoms with van der Waals surface area (Å²) in [7, 11) is 3.29. The summed E-state index contributed by atoms with van der Waals surface area (Å²) in [6.07, 6.45) is 3.38. The van der Waals surface area contributed by atoms with Gasteiger partial charge in [0.25, 0.3) is 0 Å². The lowest BCUT2D eigenvalue weighted by atomic mass is 9.96. The second-order valence-corrected chi connectivity index (χ2v) is 7.29. The number of hydrogen-bond donors (Lipinski definition) is 1. The van der Waals surface area contributed by atoms with E-state index in [4.69, 9.17) is 15.2 Å². The predicted octanol–water partition coefficient (Wildman–Crippen LogP) is 1.56. The van der Waals surface area contributed by atoms with Gasteiger partial charge in [-0.2, -0.15) is 0 Å². The lowest BCUT2D eigenvalue weighted by Crippen LogP contribution is -2.45. The summed E-state index contributed by atoms with van der Waals surface area (Å²) in [5.41, 5.74) is 6.47. The normalized spacial score (nSPS) is 21.3. The third-order valence-corrected chi connectivity index (χ3v) is 5.75. The lowest BCUT2D eigenvalue weighted by molar-refractivity contribution is -0.136. The van der Waals surface area contributed by atoms with Crippen molar-refractivity contribution in [3.63, 3.8) is 0 Å². The van der Waals surface area contributed by atoms with Gasteiger partial charge in [-0.15, -0.1) is 0 Å². The first-order valence-electron chi connectivity index (χ1n) is 9.56. The zero-order valence-corrected chi connectivity index (χ0v) is 16.1. The van der Waals surface area contributed by atoms with E-state index in [1.165, 1.54) is 0 Å². The maximum Gasteiger partial charge on any atom is 0.236 e. The van der Waals surface area contributed by atoms with Gasteiger partial charge in [0.2, 0.25) is 11.8 Å². The summed E-state index contributed by atoms with van der Waals surface area (Å²) in [5, 5.41) is 0. The Labute approximate surface area is 160 Å². The topological polar surface area (TPSA) is 85.1 Å². The number of benzene rings is 1. The molecule has 3 rings (SSSR count). The minimum atomic E-state index is -0.256. The maximum atomic E-state index is 12.8. The number of amides is 2. The number of likely N-dealkylation sites (tertiary alicyclic amines) is 2. The van der Waals surface area contributed by atoms with E-state index in [2.05, 4.69) is 4.90 Å². The molecule has 2 N–H and O–H groups in total. The van der Waals surface area contributed by atoms with Gasteiger partial charge in [-0.05, 0) is 38.3 Å². The zero-order chi connectivity index (χ0) is 19.4. The molecular formula is C20H29N3O4. The van der Waals surface area contributed by atoms with Crippen LogP contribution in [0.3, 0.4) is 0 Å². The number of carbonyl (C=O) groups is 2. The fourth-order valence-corrected chi connectivity index (χ4v) is 4.15. The molecule has 1 atom stereocenters. The number of nitrogens with two attached hydrogens (primary N) is 1. The van der Waals surface area contributed by atoms with E-state index in [1.807, 2.05) is 23.1 Å². The molecule has 2 fully saturated rings. The number of nitrogens with zero attached hydrogens (tertiary/aromatic N) is 2. The summed E-state index contributed by atoms with van der Waals surface area (Å²) in [4.78, 5) is 28.2. The van der Waals surface area contributed by atoms with Crippen molar-refractivity contribution in [2.75, 3.05) is 40.4 Å². The highest BCUT2D eigenvalue weighted by atomic mass is 16.5. The molecule has 2 amide bonds. The van der Waals surface area contributed by atoms with Crippen LogP contribution in [0.4, 0.5) is 0 Å². The van der Waals surface area contributed by atoms with E-state index < -0.39 is 0 Å². The Morgan fingerprint density at radius 3 is 2.48 bits per heavy atom. The summed E-state index contributed by atoms with van der Waals surface area (Å²) >= 11 is 0. The monoisotopic (exact) mass is 375 g/mol. The summed E-state index contributed by atoms with van der Waals surface area (Å²) in [6.45, 7) is 2.50. The van der Waals surface area contributed by atoms with Gasteiger partial charge >= 0.3 is 0 Å². The average molecular weight is 375 g/mol. The van der Waals surface area contributed by atoms with E-state index in [0.29, 0.717) is 32.5 Å². The van der Waals surface area contributed by atoms with E-state index in [9.17, 15) is 9.59 Å². The Morgan fingerprint density at radius 2 is 1.85 bits per heavy atom. The smallest absolute Gasteiger partial charge is 0.236 e. The molecule has 0 aromatic heterocycles. The van der Waals surface area contributed by atoms with Crippen molar-refractivity contribution in [1.29, 1.82) is 0 Å². The first-order chi connectivity index (χ1) is 13.0. The van der Waals surface area contributed by atoms with Crippen molar-refractivity contribution in [2.45, 2.75) is 31.7 Å². The van der Waals surface area contributed by atoms with Gasteiger partial charge < -0.3 is 20.1 Å². The number of primary amides is 1. The van der Waals surface area contributed by atoms with E-state index in [1.54, 1.807) is 14.2 Å². The van der Waals surface area contributed by atoms with Gasteiger partial charge in [-0.25, -0.2) is 0 Å².